The van der Waals surface area contributed by atoms with Crippen LogP contribution in [0.3, 0.4) is 0 Å². The van der Waals surface area contributed by atoms with Gasteiger partial charge in [-0.25, -0.2) is 14.0 Å². The first-order valence-electron chi connectivity index (χ1n) is 9.59. The smallest absolute Gasteiger partial charge is 0.334 e. The number of rotatable bonds is 7. The van der Waals surface area contributed by atoms with E-state index in [-0.39, 0.29) is 40.8 Å². The average Bonchev–Trinajstić information content (AvgIpc) is 2.74. The average molecular weight is 454 g/mol. The van der Waals surface area contributed by atoms with Gasteiger partial charge in [-0.05, 0) is 32.6 Å². The number of carbonyl (C=O) groups is 3. The summed E-state index contributed by atoms with van der Waals surface area (Å²) in [5, 5.41) is 31.2. The number of ketones is 1. The van der Waals surface area contributed by atoms with Crippen LogP contribution in [0.2, 0.25) is 0 Å². The Morgan fingerprint density at radius 2 is 2.00 bits per heavy atom. The van der Waals surface area contributed by atoms with Gasteiger partial charge >= 0.3 is 11.9 Å². The normalized spacial score (nSPS) is 25.4. The molecule has 0 radical (unpaired) electrons. The molecule has 0 amide bonds. The molecule has 0 aromatic heterocycles. The van der Waals surface area contributed by atoms with Gasteiger partial charge in [0.05, 0.1) is 22.4 Å². The van der Waals surface area contributed by atoms with Crippen LogP contribution in [0, 0.1) is 11.3 Å². The molecule has 0 spiro atoms. The maximum atomic E-state index is 15.3. The minimum absolute atomic E-state index is 0.0523. The first-order chi connectivity index (χ1) is 14.6. The molecule has 11 heteroatoms. The Bertz CT molecular complexity index is 962. The van der Waals surface area contributed by atoms with E-state index in [1.807, 2.05) is 6.92 Å². The Labute approximate surface area is 182 Å². The summed E-state index contributed by atoms with van der Waals surface area (Å²) in [5.74, 6) is -3.85. The summed E-state index contributed by atoms with van der Waals surface area (Å²) in [6.45, 7) is 3.50. The van der Waals surface area contributed by atoms with E-state index in [1.54, 1.807) is 6.92 Å². The molecule has 0 bridgehead atoms. The molecule has 2 N–H and O–H groups in total. The van der Waals surface area contributed by atoms with Crippen molar-refractivity contribution in [2.75, 3.05) is 0 Å². The van der Waals surface area contributed by atoms with E-state index in [2.05, 4.69) is 10.1 Å². The predicted molar refractivity (Wildman–Crippen MR) is 109 cm³/mol. The summed E-state index contributed by atoms with van der Waals surface area (Å²) < 4.78 is 15.3. The number of allylic oxidation sites excluding steroid dienone is 2. The van der Waals surface area contributed by atoms with Crippen molar-refractivity contribution < 1.29 is 33.8 Å². The number of carboxylic acids is 2. The molecule has 0 aromatic carbocycles. The number of aliphatic imine (C=N–C) groups is 1. The van der Waals surface area contributed by atoms with Gasteiger partial charge in [-0.1, -0.05) is 23.7 Å². The lowest BCUT2D eigenvalue weighted by Crippen LogP contribution is -2.36. The minimum Gasteiger partial charge on any atom is -0.478 e. The molecule has 31 heavy (non-hydrogen) atoms. The molecular weight excluding hydrogens is 433 g/mol. The molecule has 0 saturated heterocycles. The van der Waals surface area contributed by atoms with Crippen molar-refractivity contribution in [3.05, 3.63) is 21.8 Å². The first-order valence-corrected chi connectivity index (χ1v) is 9.97. The van der Waals surface area contributed by atoms with E-state index in [4.69, 9.17) is 21.7 Å². The van der Waals surface area contributed by atoms with Crippen LogP contribution in [0.1, 0.15) is 46.0 Å². The number of nitriles is 1. The van der Waals surface area contributed by atoms with E-state index in [0.29, 0.717) is 12.8 Å². The van der Waals surface area contributed by atoms with Crippen molar-refractivity contribution in [2.24, 2.45) is 10.1 Å². The Morgan fingerprint density at radius 1 is 1.32 bits per heavy atom. The number of halogens is 2. The molecule has 0 heterocycles. The first kappa shape index (κ1) is 24.2. The van der Waals surface area contributed by atoms with Gasteiger partial charge in [0.25, 0.3) is 5.78 Å². The summed E-state index contributed by atoms with van der Waals surface area (Å²) in [6.07, 6.45) is -1.68. The molecular formula is C20H21ClFN3O6. The van der Waals surface area contributed by atoms with Gasteiger partial charge in [-0.3, -0.25) is 9.79 Å². The Hall–Kier alpha value is -3.06. The van der Waals surface area contributed by atoms with E-state index < -0.39 is 47.6 Å². The Balaban J connectivity index is 2.57. The highest BCUT2D eigenvalue weighted by Gasteiger charge is 2.38. The van der Waals surface area contributed by atoms with Crippen molar-refractivity contribution in [3.8, 4) is 6.07 Å². The molecule has 2 aliphatic rings. The monoisotopic (exact) mass is 453 g/mol. The van der Waals surface area contributed by atoms with Crippen LogP contribution in [0.15, 0.2) is 31.9 Å². The lowest BCUT2D eigenvalue weighted by molar-refractivity contribution is -0.136. The third kappa shape index (κ3) is 5.35. The predicted octanol–water partition coefficient (Wildman–Crippen LogP) is 2.94. The summed E-state index contributed by atoms with van der Waals surface area (Å²) in [6, 6.07) is 0.287. The molecule has 2 aliphatic carbocycles. The number of hydrogen-bond acceptors (Lipinski definition) is 7. The number of carboxylic acid groups (broad SMARTS) is 2. The maximum absolute atomic E-state index is 15.3. The molecule has 3 atom stereocenters. The van der Waals surface area contributed by atoms with Crippen LogP contribution >= 0.6 is 11.6 Å². The molecule has 3 unspecified atom stereocenters. The Morgan fingerprint density at radius 3 is 2.55 bits per heavy atom. The molecule has 0 fully saturated rings. The SMILES string of the molecule is CCC(C)ON=C1C(Cl)=C(C(=O)C#N)CC(=NC2CCCC(C(=O)O)=C2C(=O)O)C1F. The van der Waals surface area contributed by atoms with Crippen LogP contribution < -0.4 is 0 Å². The third-order valence-electron chi connectivity index (χ3n) is 5.03. The van der Waals surface area contributed by atoms with Crippen LogP contribution in [-0.4, -0.2) is 57.7 Å². The number of nitrogens with zero attached hydrogens (tertiary/aromatic N) is 3. The van der Waals surface area contributed by atoms with Crippen molar-refractivity contribution in [3.63, 3.8) is 0 Å². The van der Waals surface area contributed by atoms with Crippen LogP contribution in [-0.2, 0) is 19.2 Å². The summed E-state index contributed by atoms with van der Waals surface area (Å²) >= 11 is 6.12. The van der Waals surface area contributed by atoms with Gasteiger partial charge in [-0.2, -0.15) is 5.26 Å². The second kappa shape index (κ2) is 10.3. The molecule has 166 valence electrons. The highest BCUT2D eigenvalue weighted by atomic mass is 35.5. The number of oxime groups is 1. The van der Waals surface area contributed by atoms with Crippen LogP contribution in [0.5, 0.6) is 0 Å². The zero-order chi connectivity index (χ0) is 23.3. The lowest BCUT2D eigenvalue weighted by Gasteiger charge is -2.26. The lowest BCUT2D eigenvalue weighted by atomic mass is 9.86. The minimum atomic E-state index is -2.02. The van der Waals surface area contributed by atoms with E-state index in [1.165, 1.54) is 6.07 Å². The highest BCUT2D eigenvalue weighted by molar-refractivity contribution is 6.49. The van der Waals surface area contributed by atoms with Gasteiger partial charge in [0.1, 0.15) is 17.9 Å². The third-order valence-corrected chi connectivity index (χ3v) is 5.46. The van der Waals surface area contributed by atoms with Gasteiger partial charge in [-0.15, -0.1) is 0 Å². The van der Waals surface area contributed by atoms with E-state index in [9.17, 15) is 24.6 Å². The number of aliphatic carboxylic acids is 2. The fourth-order valence-corrected chi connectivity index (χ4v) is 3.50. The summed E-state index contributed by atoms with van der Waals surface area (Å²) in [5.41, 5.74) is -1.68. The molecule has 9 nitrogen and oxygen atoms in total. The zero-order valence-corrected chi connectivity index (χ0v) is 17.6. The number of Topliss-reactive ketones (excluding diaryl/α,β-unsaturated/α-hetero) is 1. The Kier molecular flexibility index (Phi) is 8.05. The molecule has 2 rings (SSSR count). The molecule has 0 aromatic rings. The fourth-order valence-electron chi connectivity index (χ4n) is 3.21. The fraction of sp³-hybridized carbons (Fsp3) is 0.500. The van der Waals surface area contributed by atoms with Crippen molar-refractivity contribution in [1.82, 2.24) is 0 Å². The number of hydrogen-bond donors (Lipinski definition) is 2. The topological polar surface area (TPSA) is 149 Å². The maximum Gasteiger partial charge on any atom is 0.334 e. The van der Waals surface area contributed by atoms with Gasteiger partial charge in [0, 0.05) is 17.6 Å². The van der Waals surface area contributed by atoms with Gasteiger partial charge in [0.2, 0.25) is 0 Å². The quantitative estimate of drug-likeness (QED) is 0.444. The zero-order valence-electron chi connectivity index (χ0n) is 16.9. The van der Waals surface area contributed by atoms with Gasteiger partial charge < -0.3 is 15.1 Å². The van der Waals surface area contributed by atoms with E-state index >= 15 is 4.39 Å². The highest BCUT2D eigenvalue weighted by Crippen LogP contribution is 2.32. The summed E-state index contributed by atoms with van der Waals surface area (Å²) in [4.78, 5) is 44.5. The largest absolute Gasteiger partial charge is 0.478 e. The summed E-state index contributed by atoms with van der Waals surface area (Å²) in [7, 11) is 0. The van der Waals surface area contributed by atoms with E-state index in [0.717, 1.165) is 0 Å². The second-order valence-electron chi connectivity index (χ2n) is 7.10. The molecule has 0 aliphatic heterocycles. The second-order valence-corrected chi connectivity index (χ2v) is 7.48. The standard InChI is InChI=1S/C20H21ClFN3O6/c1-3-9(2)31-25-18-16(21)11(14(26)8-23)7-13(17(18)22)24-12-6-4-5-10(19(27)28)15(12)20(29)30/h9,12,17H,3-7H2,1-2H3,(H,27,28)(H,29,30). The number of alkyl halides is 1. The van der Waals surface area contributed by atoms with Crippen LogP contribution in [0.4, 0.5) is 4.39 Å². The van der Waals surface area contributed by atoms with Crippen molar-refractivity contribution >= 4 is 40.7 Å². The van der Waals surface area contributed by atoms with Crippen molar-refractivity contribution in [2.45, 2.75) is 64.3 Å². The van der Waals surface area contributed by atoms with Crippen molar-refractivity contribution in [1.29, 1.82) is 5.26 Å². The molecule has 0 saturated carbocycles. The number of carbonyl (C=O) groups excluding carboxylic acids is 1. The van der Waals surface area contributed by atoms with Gasteiger partial charge in [0.15, 0.2) is 6.17 Å². The van der Waals surface area contributed by atoms with Crippen LogP contribution in [0.25, 0.3) is 0 Å².